The van der Waals surface area contributed by atoms with E-state index >= 15 is 0 Å². The summed E-state index contributed by atoms with van der Waals surface area (Å²) in [5.41, 5.74) is -0.199. The lowest BCUT2D eigenvalue weighted by atomic mass is 10.2. The molecule has 2 aromatic rings. The lowest BCUT2D eigenvalue weighted by molar-refractivity contribution is -0.130. The van der Waals surface area contributed by atoms with E-state index in [1.54, 1.807) is 36.2 Å². The Balaban J connectivity index is 2.51. The van der Waals surface area contributed by atoms with Gasteiger partial charge in [0.05, 0.1) is 10.9 Å². The van der Waals surface area contributed by atoms with Gasteiger partial charge in [0.2, 0.25) is 5.91 Å². The van der Waals surface area contributed by atoms with Crippen molar-refractivity contribution in [3.63, 3.8) is 0 Å². The first-order chi connectivity index (χ1) is 11.5. The number of unbranched alkanes of at least 4 members (excludes halogenated alkanes) is 1. The van der Waals surface area contributed by atoms with Gasteiger partial charge in [0.15, 0.2) is 0 Å². The Hall–Kier alpha value is -2.37. The van der Waals surface area contributed by atoms with Gasteiger partial charge in [0.25, 0.3) is 5.56 Å². The fourth-order valence-corrected chi connectivity index (χ4v) is 2.72. The van der Waals surface area contributed by atoms with Crippen LogP contribution < -0.4 is 11.2 Å². The van der Waals surface area contributed by atoms with Crippen LogP contribution in [0.15, 0.2) is 33.9 Å². The number of para-hydroxylation sites is 1. The predicted molar refractivity (Wildman–Crippen MR) is 95.3 cm³/mol. The Morgan fingerprint density at radius 3 is 2.46 bits per heavy atom. The molecule has 1 amide bonds. The Labute approximate surface area is 141 Å². The van der Waals surface area contributed by atoms with E-state index < -0.39 is 5.69 Å². The summed E-state index contributed by atoms with van der Waals surface area (Å²) in [5.74, 6) is -0.127. The Bertz CT molecular complexity index is 835. The number of carbonyl (C=O) groups is 1. The third-order valence-corrected chi connectivity index (χ3v) is 4.15. The second-order valence-electron chi connectivity index (χ2n) is 6.01. The number of aromatic nitrogens is 2. The van der Waals surface area contributed by atoms with Crippen LogP contribution in [0.5, 0.6) is 0 Å². The highest BCUT2D eigenvalue weighted by atomic mass is 16.2. The molecule has 0 fully saturated rings. The highest BCUT2D eigenvalue weighted by Gasteiger charge is 2.16. The third kappa shape index (κ3) is 3.58. The molecule has 0 bridgehead atoms. The number of hydrogen-bond acceptors (Lipinski definition) is 3. The predicted octanol–water partition coefficient (Wildman–Crippen LogP) is 1.83. The normalized spacial score (nSPS) is 11.0. The van der Waals surface area contributed by atoms with E-state index in [9.17, 15) is 14.4 Å². The van der Waals surface area contributed by atoms with E-state index in [0.717, 1.165) is 12.8 Å². The van der Waals surface area contributed by atoms with Crippen molar-refractivity contribution in [2.75, 3.05) is 13.6 Å². The summed E-state index contributed by atoms with van der Waals surface area (Å²) in [6.45, 7) is 4.94. The van der Waals surface area contributed by atoms with E-state index in [1.807, 2.05) is 6.92 Å². The molecule has 0 unspecified atom stereocenters. The molecule has 0 radical (unpaired) electrons. The third-order valence-electron chi connectivity index (χ3n) is 4.15. The molecule has 0 aliphatic rings. The summed E-state index contributed by atoms with van der Waals surface area (Å²) >= 11 is 0. The van der Waals surface area contributed by atoms with E-state index in [4.69, 9.17) is 0 Å². The molecule has 0 saturated carbocycles. The van der Waals surface area contributed by atoms with Gasteiger partial charge in [0, 0.05) is 20.1 Å². The average molecular weight is 331 g/mol. The summed E-state index contributed by atoms with van der Waals surface area (Å²) < 4.78 is 2.64. The molecule has 1 aromatic carbocycles. The first-order valence-electron chi connectivity index (χ1n) is 8.47. The van der Waals surface area contributed by atoms with Gasteiger partial charge < -0.3 is 4.90 Å². The maximum atomic E-state index is 12.7. The minimum Gasteiger partial charge on any atom is -0.344 e. The number of hydrogen-bond donors (Lipinski definition) is 0. The van der Waals surface area contributed by atoms with Crippen LogP contribution in [0.1, 0.15) is 33.1 Å². The van der Waals surface area contributed by atoms with E-state index in [0.29, 0.717) is 30.4 Å². The molecule has 0 aliphatic carbocycles. The molecule has 6 heteroatoms. The van der Waals surface area contributed by atoms with Gasteiger partial charge in [-0.25, -0.2) is 4.79 Å². The van der Waals surface area contributed by atoms with Crippen molar-refractivity contribution in [1.82, 2.24) is 14.0 Å². The number of amides is 1. The summed E-state index contributed by atoms with van der Waals surface area (Å²) in [6, 6.07) is 6.95. The molecule has 6 nitrogen and oxygen atoms in total. The SMILES string of the molecule is CCCCN(C)C(=O)Cn1c(=O)n(CCC)c(=O)c2ccccc21. The summed E-state index contributed by atoms with van der Waals surface area (Å²) in [7, 11) is 1.74. The van der Waals surface area contributed by atoms with Gasteiger partial charge in [0.1, 0.15) is 6.54 Å². The molecular formula is C18H25N3O3. The molecule has 24 heavy (non-hydrogen) atoms. The number of carbonyl (C=O) groups excluding carboxylic acids is 1. The Morgan fingerprint density at radius 2 is 1.79 bits per heavy atom. The maximum Gasteiger partial charge on any atom is 0.331 e. The van der Waals surface area contributed by atoms with Crippen molar-refractivity contribution in [2.24, 2.45) is 0 Å². The van der Waals surface area contributed by atoms with Gasteiger partial charge in [-0.3, -0.25) is 18.7 Å². The highest BCUT2D eigenvalue weighted by Crippen LogP contribution is 2.08. The Kier molecular flexibility index (Phi) is 5.95. The van der Waals surface area contributed by atoms with Crippen molar-refractivity contribution in [1.29, 1.82) is 0 Å². The molecule has 0 saturated heterocycles. The van der Waals surface area contributed by atoms with Crippen molar-refractivity contribution in [2.45, 2.75) is 46.2 Å². The second-order valence-corrected chi connectivity index (χ2v) is 6.01. The minimum atomic E-state index is -0.419. The molecule has 0 atom stereocenters. The van der Waals surface area contributed by atoms with Crippen molar-refractivity contribution in [3.05, 3.63) is 45.1 Å². The van der Waals surface area contributed by atoms with Crippen molar-refractivity contribution in [3.8, 4) is 0 Å². The maximum absolute atomic E-state index is 12.7. The van der Waals surface area contributed by atoms with Gasteiger partial charge >= 0.3 is 5.69 Å². The first-order valence-corrected chi connectivity index (χ1v) is 8.47. The number of fused-ring (bicyclic) bond motifs is 1. The van der Waals surface area contributed by atoms with Crippen molar-refractivity contribution >= 4 is 16.8 Å². The van der Waals surface area contributed by atoms with Gasteiger partial charge in [-0.1, -0.05) is 32.4 Å². The number of rotatable bonds is 7. The zero-order chi connectivity index (χ0) is 17.7. The van der Waals surface area contributed by atoms with Crippen molar-refractivity contribution < 1.29 is 4.79 Å². The molecule has 2 rings (SSSR count). The number of likely N-dealkylation sites (N-methyl/N-ethyl adjacent to an activating group) is 1. The van der Waals surface area contributed by atoms with E-state index in [1.165, 1.54) is 9.13 Å². The van der Waals surface area contributed by atoms with Crippen LogP contribution in [0, 0.1) is 0 Å². The lowest BCUT2D eigenvalue weighted by Crippen LogP contribution is -2.43. The zero-order valence-corrected chi connectivity index (χ0v) is 14.6. The second kappa shape index (κ2) is 7.95. The van der Waals surface area contributed by atoms with Crippen LogP contribution >= 0.6 is 0 Å². The number of benzene rings is 1. The monoisotopic (exact) mass is 331 g/mol. The molecule has 0 aliphatic heterocycles. The van der Waals surface area contributed by atoms with Crippen LogP contribution in [0.2, 0.25) is 0 Å². The van der Waals surface area contributed by atoms with Crippen LogP contribution in [0.4, 0.5) is 0 Å². The van der Waals surface area contributed by atoms with E-state index in [-0.39, 0.29) is 18.0 Å². The van der Waals surface area contributed by atoms with Crippen LogP contribution in [0.3, 0.4) is 0 Å². The summed E-state index contributed by atoms with van der Waals surface area (Å²) in [4.78, 5) is 39.3. The van der Waals surface area contributed by atoms with Gasteiger partial charge in [-0.05, 0) is 25.0 Å². The molecule has 1 heterocycles. The topological polar surface area (TPSA) is 64.3 Å². The molecule has 1 aromatic heterocycles. The highest BCUT2D eigenvalue weighted by molar-refractivity contribution is 5.81. The lowest BCUT2D eigenvalue weighted by Gasteiger charge is -2.19. The van der Waals surface area contributed by atoms with Crippen LogP contribution in [-0.2, 0) is 17.9 Å². The van der Waals surface area contributed by atoms with Gasteiger partial charge in [-0.2, -0.15) is 0 Å². The summed E-state index contributed by atoms with van der Waals surface area (Å²) in [6.07, 6.45) is 2.60. The van der Waals surface area contributed by atoms with Crippen LogP contribution in [0.25, 0.3) is 10.9 Å². The largest absolute Gasteiger partial charge is 0.344 e. The fourth-order valence-electron chi connectivity index (χ4n) is 2.72. The first kappa shape index (κ1) is 18.0. The zero-order valence-electron chi connectivity index (χ0n) is 14.6. The average Bonchev–Trinajstić information content (AvgIpc) is 2.59. The molecule has 0 N–H and O–H groups in total. The summed E-state index contributed by atoms with van der Waals surface area (Å²) in [5, 5.41) is 0.467. The minimum absolute atomic E-state index is 0.0520. The molecule has 130 valence electrons. The quantitative estimate of drug-likeness (QED) is 0.777. The fraction of sp³-hybridized carbons (Fsp3) is 0.500. The standard InChI is InChI=1S/C18H25N3O3/c1-4-6-12-19(3)16(22)13-21-15-10-8-7-9-14(15)17(23)20(11-5-2)18(21)24/h7-10H,4-6,11-13H2,1-3H3. The Morgan fingerprint density at radius 1 is 1.08 bits per heavy atom. The van der Waals surface area contributed by atoms with E-state index in [2.05, 4.69) is 6.92 Å². The number of nitrogens with zero attached hydrogens (tertiary/aromatic N) is 3. The van der Waals surface area contributed by atoms with Crippen LogP contribution in [-0.4, -0.2) is 33.5 Å². The van der Waals surface area contributed by atoms with Gasteiger partial charge in [-0.15, -0.1) is 0 Å². The molecule has 0 spiro atoms. The molecular weight excluding hydrogens is 306 g/mol. The smallest absolute Gasteiger partial charge is 0.331 e.